The monoisotopic (exact) mass is 903 g/mol. The van der Waals surface area contributed by atoms with E-state index in [1.807, 2.05) is 21.1 Å². The average molecular weight is 903 g/mol. The third-order valence-electron chi connectivity index (χ3n) is 12.4. The second-order valence-electron chi connectivity index (χ2n) is 20.0. The van der Waals surface area contributed by atoms with Gasteiger partial charge in [-0.05, 0) is 12.8 Å². The number of quaternary nitrogens is 1. The van der Waals surface area contributed by atoms with Gasteiger partial charge in [-0.3, -0.25) is 13.8 Å². The molecule has 0 heterocycles. The number of hydrogen-bond acceptors (Lipinski definition) is 6. The van der Waals surface area contributed by atoms with E-state index < -0.39 is 13.9 Å². The molecule has 0 aromatic rings. The fraction of sp³-hybridized carbons (Fsp3) is 0.981. The van der Waals surface area contributed by atoms with Crippen LogP contribution in [0.2, 0.25) is 0 Å². The zero-order valence-electron chi connectivity index (χ0n) is 42.4. The van der Waals surface area contributed by atoms with Crippen molar-refractivity contribution in [3.05, 3.63) is 0 Å². The first-order valence-corrected chi connectivity index (χ1v) is 28.8. The van der Waals surface area contributed by atoms with Gasteiger partial charge < -0.3 is 18.9 Å². The summed E-state index contributed by atoms with van der Waals surface area (Å²) in [5.74, 6) is -0.305. The van der Waals surface area contributed by atoms with Gasteiger partial charge >= 0.3 is 13.8 Å². The molecule has 0 fully saturated rings. The van der Waals surface area contributed by atoms with Crippen molar-refractivity contribution in [3.8, 4) is 0 Å². The Kier molecular flexibility index (Phi) is 46.6. The van der Waals surface area contributed by atoms with E-state index in [1.54, 1.807) is 0 Å². The van der Waals surface area contributed by atoms with Crippen LogP contribution in [0.15, 0.2) is 0 Å². The first kappa shape index (κ1) is 61.5. The summed E-state index contributed by atoms with van der Waals surface area (Å²) in [6.07, 6.45) is 53.0. The highest BCUT2D eigenvalue weighted by molar-refractivity contribution is 7.47. The fourth-order valence-corrected chi connectivity index (χ4v) is 8.95. The Morgan fingerprint density at radius 1 is 0.435 bits per heavy atom. The maximum absolute atomic E-state index is 12.8. The molecule has 0 radical (unpaired) electrons. The summed E-state index contributed by atoms with van der Waals surface area (Å²) in [4.78, 5) is 23.0. The van der Waals surface area contributed by atoms with Crippen LogP contribution in [0.1, 0.15) is 277 Å². The minimum atomic E-state index is -4.27. The van der Waals surface area contributed by atoms with Gasteiger partial charge in [0.05, 0.1) is 34.4 Å². The summed E-state index contributed by atoms with van der Waals surface area (Å²) in [5.41, 5.74) is 0. The van der Waals surface area contributed by atoms with Crippen LogP contribution in [0.25, 0.3) is 0 Å². The molecule has 0 aliphatic heterocycles. The molecular weight excluding hydrogens is 794 g/mol. The van der Waals surface area contributed by atoms with Gasteiger partial charge in [0.15, 0.2) is 0 Å². The zero-order valence-corrected chi connectivity index (χ0v) is 43.3. The van der Waals surface area contributed by atoms with Crippen molar-refractivity contribution >= 4 is 13.8 Å². The van der Waals surface area contributed by atoms with Crippen LogP contribution in [0.5, 0.6) is 0 Å². The van der Waals surface area contributed by atoms with E-state index in [4.69, 9.17) is 18.5 Å². The van der Waals surface area contributed by atoms with Gasteiger partial charge in [0.2, 0.25) is 0 Å². The van der Waals surface area contributed by atoms with Crippen molar-refractivity contribution in [3.63, 3.8) is 0 Å². The normalized spacial score (nSPS) is 13.5. The SMILES string of the molecule is CCCCCCCCCCCCCCCCCCCCCCCCCCOCC(COP(=O)(O)OCC[N+](C)(C)C)OC(=O)CCCCCCCCCCCCCCCCCC. The molecule has 0 saturated heterocycles. The van der Waals surface area contributed by atoms with Crippen molar-refractivity contribution < 1.29 is 37.3 Å². The van der Waals surface area contributed by atoms with Gasteiger partial charge in [-0.1, -0.05) is 258 Å². The Balaban J connectivity index is 4.01. The second-order valence-corrected chi connectivity index (χ2v) is 21.4. The van der Waals surface area contributed by atoms with Crippen LogP contribution in [-0.2, 0) is 27.9 Å². The van der Waals surface area contributed by atoms with Crippen LogP contribution >= 0.6 is 7.82 Å². The molecule has 1 N–H and O–H groups in total. The van der Waals surface area contributed by atoms with Gasteiger partial charge in [0, 0.05) is 13.0 Å². The van der Waals surface area contributed by atoms with Gasteiger partial charge in [-0.25, -0.2) is 4.57 Å². The Hall–Kier alpha value is -0.500. The summed E-state index contributed by atoms with van der Waals surface area (Å²) in [6, 6.07) is 0. The van der Waals surface area contributed by atoms with Gasteiger partial charge in [-0.15, -0.1) is 0 Å². The maximum Gasteiger partial charge on any atom is 0.472 e. The smallest absolute Gasteiger partial charge is 0.457 e. The van der Waals surface area contributed by atoms with E-state index in [2.05, 4.69) is 13.8 Å². The molecule has 0 aromatic carbocycles. The Labute approximate surface area is 387 Å². The minimum absolute atomic E-state index is 0.0943. The molecular formula is C53H109NO7P+. The maximum atomic E-state index is 12.8. The first-order valence-electron chi connectivity index (χ1n) is 27.3. The fourth-order valence-electron chi connectivity index (χ4n) is 8.20. The van der Waals surface area contributed by atoms with Gasteiger partial charge in [-0.2, -0.15) is 0 Å². The van der Waals surface area contributed by atoms with Crippen molar-refractivity contribution in [1.82, 2.24) is 0 Å². The summed E-state index contributed by atoms with van der Waals surface area (Å²) in [6.45, 7) is 5.71. The molecule has 0 aliphatic carbocycles. The third kappa shape index (κ3) is 50.5. The van der Waals surface area contributed by atoms with Crippen LogP contribution in [0.4, 0.5) is 0 Å². The average Bonchev–Trinajstić information content (AvgIpc) is 3.23. The predicted molar refractivity (Wildman–Crippen MR) is 266 cm³/mol. The molecule has 0 amide bonds. The molecule has 0 rings (SSSR count). The number of esters is 1. The van der Waals surface area contributed by atoms with Crippen molar-refractivity contribution in [1.29, 1.82) is 0 Å². The molecule has 9 heteroatoms. The van der Waals surface area contributed by atoms with Crippen molar-refractivity contribution in [2.24, 2.45) is 0 Å². The number of nitrogens with zero attached hydrogens (tertiary/aromatic N) is 1. The number of phosphoric ester groups is 1. The molecule has 372 valence electrons. The predicted octanol–water partition coefficient (Wildman–Crippen LogP) is 16.8. The number of ether oxygens (including phenoxy) is 2. The van der Waals surface area contributed by atoms with E-state index in [0.29, 0.717) is 24.1 Å². The molecule has 8 nitrogen and oxygen atoms in total. The van der Waals surface area contributed by atoms with E-state index in [-0.39, 0.29) is 25.8 Å². The lowest BCUT2D eigenvalue weighted by molar-refractivity contribution is -0.870. The summed E-state index contributed by atoms with van der Waals surface area (Å²) >= 11 is 0. The lowest BCUT2D eigenvalue weighted by Crippen LogP contribution is -2.37. The summed E-state index contributed by atoms with van der Waals surface area (Å²) in [7, 11) is 1.69. The highest BCUT2D eigenvalue weighted by Gasteiger charge is 2.26. The molecule has 0 aliphatic rings. The first-order chi connectivity index (χ1) is 30.1. The number of hydrogen-bond donors (Lipinski definition) is 1. The Morgan fingerprint density at radius 2 is 0.742 bits per heavy atom. The molecule has 0 spiro atoms. The third-order valence-corrected chi connectivity index (χ3v) is 13.4. The molecule has 62 heavy (non-hydrogen) atoms. The van der Waals surface area contributed by atoms with Crippen molar-refractivity contribution in [2.45, 2.75) is 283 Å². The minimum Gasteiger partial charge on any atom is -0.457 e. The summed E-state index contributed by atoms with van der Waals surface area (Å²) < 4.78 is 35.2. The highest BCUT2D eigenvalue weighted by Crippen LogP contribution is 2.43. The van der Waals surface area contributed by atoms with E-state index in [1.165, 1.54) is 225 Å². The number of unbranched alkanes of at least 4 members (excludes halogenated alkanes) is 38. The van der Waals surface area contributed by atoms with E-state index in [0.717, 1.165) is 32.1 Å². The molecule has 0 saturated carbocycles. The van der Waals surface area contributed by atoms with Crippen LogP contribution in [-0.4, -0.2) is 75.6 Å². The second kappa shape index (κ2) is 47.0. The quantitative estimate of drug-likeness (QED) is 0.0281. The standard InChI is InChI=1S/C53H108NO7P/c1-6-8-10-12-14-16-18-20-22-24-25-26-27-28-29-30-31-33-35-37-39-41-43-45-48-58-50-52(51-60-62(56,57)59-49-47-54(3,4)5)61-53(55)46-44-42-40-38-36-34-32-23-21-19-17-15-13-11-9-7-2/h52H,6-51H2,1-5H3/p+1. The van der Waals surface area contributed by atoms with Gasteiger partial charge in [0.25, 0.3) is 0 Å². The number of carbonyl (C=O) groups is 1. The van der Waals surface area contributed by atoms with Gasteiger partial charge in [0.1, 0.15) is 19.3 Å². The lowest BCUT2D eigenvalue weighted by Gasteiger charge is -2.24. The van der Waals surface area contributed by atoms with E-state index in [9.17, 15) is 14.3 Å². The zero-order chi connectivity index (χ0) is 45.5. The summed E-state index contributed by atoms with van der Waals surface area (Å²) in [5, 5.41) is 0. The number of rotatable bonds is 52. The number of likely N-dealkylation sites (N-methyl/N-ethyl adjacent to an activating group) is 1. The largest absolute Gasteiger partial charge is 0.472 e. The Bertz CT molecular complexity index is 961. The Morgan fingerprint density at radius 3 is 1.06 bits per heavy atom. The van der Waals surface area contributed by atoms with Crippen LogP contribution in [0, 0.1) is 0 Å². The topological polar surface area (TPSA) is 91.3 Å². The van der Waals surface area contributed by atoms with Crippen LogP contribution in [0.3, 0.4) is 0 Å². The lowest BCUT2D eigenvalue weighted by atomic mass is 10.0. The van der Waals surface area contributed by atoms with Crippen molar-refractivity contribution in [2.75, 3.05) is 54.1 Å². The number of carbonyl (C=O) groups excluding carboxylic acids is 1. The number of phosphoric acid groups is 1. The van der Waals surface area contributed by atoms with E-state index >= 15 is 0 Å². The molecule has 0 aromatic heterocycles. The molecule has 0 bridgehead atoms. The van der Waals surface area contributed by atoms with Crippen LogP contribution < -0.4 is 0 Å². The molecule has 2 unspecified atom stereocenters. The molecule has 2 atom stereocenters. The highest BCUT2D eigenvalue weighted by atomic mass is 31.2.